The number of benzene rings is 3. The SMILES string of the molecule is O=C[C@H](Cc1ccccc1)NC(=O)c1cccnc1C=Cc1ccc2ccccc2c1. The average molecular weight is 406 g/mol. The first-order valence-corrected chi connectivity index (χ1v) is 10.1. The first-order chi connectivity index (χ1) is 15.2. The van der Waals surface area contributed by atoms with Gasteiger partial charge in [-0.1, -0.05) is 72.8 Å². The predicted molar refractivity (Wildman–Crippen MR) is 125 cm³/mol. The van der Waals surface area contributed by atoms with Gasteiger partial charge in [-0.2, -0.15) is 0 Å². The quantitative estimate of drug-likeness (QED) is 0.442. The van der Waals surface area contributed by atoms with Gasteiger partial charge in [-0.3, -0.25) is 9.78 Å². The van der Waals surface area contributed by atoms with Crippen molar-refractivity contribution >= 4 is 35.1 Å². The van der Waals surface area contributed by atoms with Crippen molar-refractivity contribution in [3.05, 3.63) is 114 Å². The Bertz CT molecular complexity index is 1230. The third-order valence-corrected chi connectivity index (χ3v) is 5.07. The van der Waals surface area contributed by atoms with E-state index in [1.165, 1.54) is 5.39 Å². The second kappa shape index (κ2) is 9.63. The van der Waals surface area contributed by atoms with Gasteiger partial charge in [0.2, 0.25) is 0 Å². The molecule has 1 atom stereocenters. The highest BCUT2D eigenvalue weighted by atomic mass is 16.2. The number of rotatable bonds is 7. The van der Waals surface area contributed by atoms with Crippen molar-refractivity contribution in [1.82, 2.24) is 10.3 Å². The molecule has 0 radical (unpaired) electrons. The van der Waals surface area contributed by atoms with Crippen LogP contribution in [0.3, 0.4) is 0 Å². The van der Waals surface area contributed by atoms with Crippen molar-refractivity contribution in [1.29, 1.82) is 0 Å². The number of aldehydes is 1. The first-order valence-electron chi connectivity index (χ1n) is 10.1. The van der Waals surface area contributed by atoms with Gasteiger partial charge in [0, 0.05) is 6.20 Å². The molecule has 1 amide bonds. The van der Waals surface area contributed by atoms with Crippen LogP contribution in [0.5, 0.6) is 0 Å². The Kier molecular flexibility index (Phi) is 6.29. The van der Waals surface area contributed by atoms with Crippen LogP contribution in [0.4, 0.5) is 0 Å². The summed E-state index contributed by atoms with van der Waals surface area (Å²) in [7, 11) is 0. The maximum absolute atomic E-state index is 12.9. The highest BCUT2D eigenvalue weighted by Gasteiger charge is 2.16. The van der Waals surface area contributed by atoms with E-state index < -0.39 is 6.04 Å². The molecule has 31 heavy (non-hydrogen) atoms. The molecular formula is C27H22N2O2. The molecule has 0 fully saturated rings. The zero-order valence-electron chi connectivity index (χ0n) is 16.9. The fourth-order valence-corrected chi connectivity index (χ4v) is 3.48. The van der Waals surface area contributed by atoms with E-state index in [2.05, 4.69) is 34.6 Å². The number of nitrogens with one attached hydrogen (secondary N) is 1. The number of hydrogen-bond donors (Lipinski definition) is 1. The third kappa shape index (κ3) is 5.11. The van der Waals surface area contributed by atoms with Crippen molar-refractivity contribution in [2.75, 3.05) is 0 Å². The standard InChI is InChI=1S/C27H22N2O2/c30-19-24(18-20-7-2-1-3-8-20)29-27(31)25-11-6-16-28-26(25)15-13-21-12-14-22-9-4-5-10-23(22)17-21/h1-17,19,24H,18H2,(H,29,31)/t24-/m0/s1. The summed E-state index contributed by atoms with van der Waals surface area (Å²) < 4.78 is 0. The summed E-state index contributed by atoms with van der Waals surface area (Å²) in [4.78, 5) is 28.8. The van der Waals surface area contributed by atoms with E-state index in [1.807, 2.05) is 60.7 Å². The van der Waals surface area contributed by atoms with Gasteiger partial charge in [0.05, 0.1) is 17.3 Å². The molecule has 0 spiro atoms. The van der Waals surface area contributed by atoms with E-state index in [0.717, 1.165) is 22.8 Å². The normalized spacial score (nSPS) is 12.0. The summed E-state index contributed by atoms with van der Waals surface area (Å²) in [6.07, 6.45) is 6.63. The second-order valence-electron chi connectivity index (χ2n) is 7.28. The lowest BCUT2D eigenvalue weighted by Gasteiger charge is -2.14. The molecule has 0 saturated heterocycles. The minimum atomic E-state index is -0.604. The van der Waals surface area contributed by atoms with Crippen LogP contribution in [-0.4, -0.2) is 23.2 Å². The largest absolute Gasteiger partial charge is 0.342 e. The molecule has 4 rings (SSSR count). The van der Waals surface area contributed by atoms with Gasteiger partial charge < -0.3 is 10.1 Å². The summed E-state index contributed by atoms with van der Waals surface area (Å²) in [5.74, 6) is -0.320. The van der Waals surface area contributed by atoms with Gasteiger partial charge in [-0.05, 0) is 52.6 Å². The number of nitrogens with zero attached hydrogens (tertiary/aromatic N) is 1. The fourth-order valence-electron chi connectivity index (χ4n) is 3.48. The van der Waals surface area contributed by atoms with Crippen LogP contribution in [0.15, 0.2) is 91.1 Å². The molecule has 1 aromatic heterocycles. The van der Waals surface area contributed by atoms with Crippen molar-refractivity contribution < 1.29 is 9.59 Å². The zero-order valence-corrected chi connectivity index (χ0v) is 16.9. The van der Waals surface area contributed by atoms with Crippen LogP contribution in [0.25, 0.3) is 22.9 Å². The van der Waals surface area contributed by atoms with Gasteiger partial charge >= 0.3 is 0 Å². The number of carbonyl (C=O) groups excluding carboxylic acids is 2. The molecule has 1 heterocycles. The molecule has 1 N–H and O–H groups in total. The van der Waals surface area contributed by atoms with Gasteiger partial charge in [0.1, 0.15) is 6.29 Å². The molecule has 4 nitrogen and oxygen atoms in total. The fraction of sp³-hybridized carbons (Fsp3) is 0.0741. The second-order valence-corrected chi connectivity index (χ2v) is 7.28. The number of aromatic nitrogens is 1. The van der Waals surface area contributed by atoms with E-state index in [-0.39, 0.29) is 5.91 Å². The highest BCUT2D eigenvalue weighted by molar-refractivity contribution is 5.99. The van der Waals surface area contributed by atoms with Crippen molar-refractivity contribution in [3.63, 3.8) is 0 Å². The van der Waals surface area contributed by atoms with Crippen molar-refractivity contribution in [2.24, 2.45) is 0 Å². The minimum absolute atomic E-state index is 0.320. The van der Waals surface area contributed by atoms with E-state index in [9.17, 15) is 9.59 Å². The van der Waals surface area contributed by atoms with Gasteiger partial charge in [0.25, 0.3) is 5.91 Å². The highest BCUT2D eigenvalue weighted by Crippen LogP contribution is 2.18. The van der Waals surface area contributed by atoms with Gasteiger partial charge in [-0.15, -0.1) is 0 Å². The molecule has 0 aliphatic rings. The first kappa shape index (κ1) is 20.2. The molecule has 0 bridgehead atoms. The Morgan fingerprint density at radius 1 is 0.871 bits per heavy atom. The Hall–Kier alpha value is -4.05. The van der Waals surface area contributed by atoms with Crippen molar-refractivity contribution in [2.45, 2.75) is 12.5 Å². The topological polar surface area (TPSA) is 59.1 Å². The molecule has 4 aromatic rings. The minimum Gasteiger partial charge on any atom is -0.342 e. The monoisotopic (exact) mass is 406 g/mol. The molecule has 0 aliphatic heterocycles. The number of hydrogen-bond acceptors (Lipinski definition) is 3. The Balaban J connectivity index is 1.52. The smallest absolute Gasteiger partial charge is 0.254 e. The van der Waals surface area contributed by atoms with Crippen LogP contribution in [0.1, 0.15) is 27.2 Å². The molecule has 0 unspecified atom stereocenters. The van der Waals surface area contributed by atoms with Crippen molar-refractivity contribution in [3.8, 4) is 0 Å². The van der Waals surface area contributed by atoms with E-state index in [0.29, 0.717) is 17.7 Å². The number of carbonyl (C=O) groups is 2. The number of fused-ring (bicyclic) bond motifs is 1. The van der Waals surface area contributed by atoms with E-state index in [4.69, 9.17) is 0 Å². The number of pyridine rings is 1. The summed E-state index contributed by atoms with van der Waals surface area (Å²) >= 11 is 0. The molecule has 4 heteroatoms. The lowest BCUT2D eigenvalue weighted by molar-refractivity contribution is -0.109. The Labute approximate surface area is 181 Å². The molecule has 3 aromatic carbocycles. The predicted octanol–water partition coefficient (Wildman–Crippen LogP) is 4.95. The lowest BCUT2D eigenvalue weighted by Crippen LogP contribution is -2.38. The average Bonchev–Trinajstić information content (AvgIpc) is 2.83. The van der Waals surface area contributed by atoms with Crippen LogP contribution < -0.4 is 5.32 Å². The molecule has 0 saturated carbocycles. The molecule has 0 aliphatic carbocycles. The summed E-state index contributed by atoms with van der Waals surface area (Å²) in [6, 6.07) is 26.8. The zero-order chi connectivity index (χ0) is 21.5. The molecular weight excluding hydrogens is 384 g/mol. The van der Waals surface area contributed by atoms with Gasteiger partial charge in [-0.25, -0.2) is 0 Å². The van der Waals surface area contributed by atoms with E-state index >= 15 is 0 Å². The maximum atomic E-state index is 12.9. The maximum Gasteiger partial charge on any atom is 0.254 e. The Morgan fingerprint density at radius 2 is 1.65 bits per heavy atom. The Morgan fingerprint density at radius 3 is 2.45 bits per heavy atom. The summed E-state index contributed by atoms with van der Waals surface area (Å²) in [6.45, 7) is 0. The van der Waals surface area contributed by atoms with Gasteiger partial charge in [0.15, 0.2) is 0 Å². The lowest BCUT2D eigenvalue weighted by atomic mass is 10.0. The molecule has 152 valence electrons. The van der Waals surface area contributed by atoms with Crippen LogP contribution in [-0.2, 0) is 11.2 Å². The third-order valence-electron chi connectivity index (χ3n) is 5.07. The van der Waals surface area contributed by atoms with E-state index in [1.54, 1.807) is 18.3 Å². The van der Waals surface area contributed by atoms with Crippen LogP contribution in [0, 0.1) is 0 Å². The number of amides is 1. The van der Waals surface area contributed by atoms with Crippen LogP contribution >= 0.6 is 0 Å². The van der Waals surface area contributed by atoms with Crippen LogP contribution in [0.2, 0.25) is 0 Å². The summed E-state index contributed by atoms with van der Waals surface area (Å²) in [5.41, 5.74) is 2.99. The summed E-state index contributed by atoms with van der Waals surface area (Å²) in [5, 5.41) is 5.14.